The minimum absolute atomic E-state index is 0.137. The van der Waals surface area contributed by atoms with E-state index in [2.05, 4.69) is 4.99 Å². The summed E-state index contributed by atoms with van der Waals surface area (Å²) in [7, 11) is 0. The van der Waals surface area contributed by atoms with Gasteiger partial charge in [0.1, 0.15) is 5.82 Å². The molecule has 0 aromatic heterocycles. The van der Waals surface area contributed by atoms with Crippen LogP contribution in [0.1, 0.15) is 17.5 Å². The van der Waals surface area contributed by atoms with Gasteiger partial charge in [-0.3, -0.25) is 4.79 Å². The summed E-state index contributed by atoms with van der Waals surface area (Å²) in [4.78, 5) is 15.3. The van der Waals surface area contributed by atoms with Crippen molar-refractivity contribution in [2.24, 2.45) is 10.7 Å². The second-order valence-electron chi connectivity index (χ2n) is 3.95. The van der Waals surface area contributed by atoms with Gasteiger partial charge < -0.3 is 10.5 Å². The van der Waals surface area contributed by atoms with E-state index in [-0.39, 0.29) is 11.8 Å². The molecule has 0 saturated heterocycles. The van der Waals surface area contributed by atoms with Crippen molar-refractivity contribution >= 4 is 11.9 Å². The Morgan fingerprint density at radius 2 is 2.31 bits per heavy atom. The van der Waals surface area contributed by atoms with Crippen LogP contribution in [0, 0.1) is 5.82 Å². The molecule has 16 heavy (non-hydrogen) atoms. The van der Waals surface area contributed by atoms with Crippen molar-refractivity contribution in [3.05, 3.63) is 35.1 Å². The molecular formula is C11H9FN2O2. The molecule has 3 rings (SSSR count). The van der Waals surface area contributed by atoms with Gasteiger partial charge in [0.15, 0.2) is 0 Å². The second kappa shape index (κ2) is 2.81. The molecule has 1 atom stereocenters. The number of rotatable bonds is 0. The van der Waals surface area contributed by atoms with E-state index in [1.807, 2.05) is 0 Å². The summed E-state index contributed by atoms with van der Waals surface area (Å²) in [6.07, 6.45) is 0.864. The van der Waals surface area contributed by atoms with Gasteiger partial charge in [0, 0.05) is 12.0 Å². The lowest BCUT2D eigenvalue weighted by Crippen LogP contribution is -2.33. The summed E-state index contributed by atoms with van der Waals surface area (Å²) in [5.41, 5.74) is 5.31. The third-order valence-corrected chi connectivity index (χ3v) is 3.12. The maximum atomic E-state index is 13.5. The molecule has 5 heteroatoms. The van der Waals surface area contributed by atoms with Crippen LogP contribution in [0.15, 0.2) is 23.2 Å². The predicted octanol–water partition coefficient (Wildman–Crippen LogP) is 0.839. The Kier molecular flexibility index (Phi) is 1.64. The van der Waals surface area contributed by atoms with Gasteiger partial charge in [-0.15, -0.1) is 0 Å². The monoisotopic (exact) mass is 220 g/mol. The van der Waals surface area contributed by atoms with Crippen molar-refractivity contribution < 1.29 is 13.9 Å². The van der Waals surface area contributed by atoms with Gasteiger partial charge >= 0.3 is 0 Å². The normalized spacial score (nSPS) is 26.8. The standard InChI is InChI=1S/C11H9FN2O2/c12-8-3-1-2-7-6(8)4-5-11(7)9(15)14-10(13)16-11/h1-3H,4-5H2,(H2,13,14,15). The fourth-order valence-electron chi connectivity index (χ4n) is 2.39. The molecule has 0 fully saturated rings. The van der Waals surface area contributed by atoms with Gasteiger partial charge in [-0.2, -0.15) is 4.99 Å². The van der Waals surface area contributed by atoms with Crippen molar-refractivity contribution in [1.29, 1.82) is 0 Å². The van der Waals surface area contributed by atoms with E-state index in [9.17, 15) is 9.18 Å². The third kappa shape index (κ3) is 0.973. The average Bonchev–Trinajstić information content (AvgIpc) is 2.72. The third-order valence-electron chi connectivity index (χ3n) is 3.12. The Hall–Kier alpha value is -1.91. The molecule has 82 valence electrons. The van der Waals surface area contributed by atoms with Crippen LogP contribution in [0.5, 0.6) is 0 Å². The summed E-state index contributed by atoms with van der Waals surface area (Å²) in [5.74, 6) is -0.745. The van der Waals surface area contributed by atoms with E-state index >= 15 is 0 Å². The number of carbonyl (C=O) groups is 1. The number of aliphatic imine (C=N–C) groups is 1. The first-order valence-electron chi connectivity index (χ1n) is 4.99. The molecule has 1 aliphatic heterocycles. The maximum absolute atomic E-state index is 13.5. The highest BCUT2D eigenvalue weighted by atomic mass is 19.1. The number of benzene rings is 1. The Morgan fingerprint density at radius 1 is 1.50 bits per heavy atom. The molecule has 1 aliphatic carbocycles. The first-order chi connectivity index (χ1) is 7.63. The molecule has 1 spiro atoms. The van der Waals surface area contributed by atoms with E-state index in [1.54, 1.807) is 12.1 Å². The molecule has 0 bridgehead atoms. The van der Waals surface area contributed by atoms with Crippen molar-refractivity contribution in [3.63, 3.8) is 0 Å². The second-order valence-corrected chi connectivity index (χ2v) is 3.95. The smallest absolute Gasteiger partial charge is 0.299 e. The Morgan fingerprint density at radius 3 is 3.00 bits per heavy atom. The largest absolute Gasteiger partial charge is 0.443 e. The van der Waals surface area contributed by atoms with Crippen molar-refractivity contribution in [2.45, 2.75) is 18.4 Å². The molecule has 0 radical (unpaired) electrons. The number of carbonyl (C=O) groups excluding carboxylic acids is 1. The molecule has 1 aromatic rings. The van der Waals surface area contributed by atoms with Crippen LogP contribution >= 0.6 is 0 Å². The topological polar surface area (TPSA) is 64.7 Å². The number of ether oxygens (including phenoxy) is 1. The highest BCUT2D eigenvalue weighted by molar-refractivity contribution is 6.02. The van der Waals surface area contributed by atoms with E-state index in [4.69, 9.17) is 10.5 Å². The fourth-order valence-corrected chi connectivity index (χ4v) is 2.39. The SMILES string of the molecule is NC1=NC(=O)C2(CCc3c(F)cccc32)O1. The van der Waals surface area contributed by atoms with Crippen LogP contribution in [0.4, 0.5) is 4.39 Å². The van der Waals surface area contributed by atoms with Gasteiger partial charge in [0.2, 0.25) is 5.60 Å². The molecule has 4 nitrogen and oxygen atoms in total. The number of halogens is 1. The van der Waals surface area contributed by atoms with Crippen LogP contribution in [0.2, 0.25) is 0 Å². The van der Waals surface area contributed by atoms with E-state index in [0.29, 0.717) is 24.0 Å². The highest BCUT2D eigenvalue weighted by Gasteiger charge is 2.52. The quantitative estimate of drug-likeness (QED) is 0.704. The lowest BCUT2D eigenvalue weighted by molar-refractivity contribution is -0.131. The van der Waals surface area contributed by atoms with E-state index in [1.165, 1.54) is 6.07 Å². The summed E-state index contributed by atoms with van der Waals surface area (Å²) in [5, 5.41) is 0. The Balaban J connectivity index is 2.17. The van der Waals surface area contributed by atoms with Gasteiger partial charge in [0.05, 0.1) is 0 Å². The number of amidine groups is 1. The number of hydrogen-bond donors (Lipinski definition) is 1. The molecule has 1 heterocycles. The number of amides is 1. The zero-order chi connectivity index (χ0) is 11.3. The average molecular weight is 220 g/mol. The molecular weight excluding hydrogens is 211 g/mol. The van der Waals surface area contributed by atoms with E-state index in [0.717, 1.165) is 0 Å². The van der Waals surface area contributed by atoms with Crippen LogP contribution in [-0.4, -0.2) is 11.9 Å². The van der Waals surface area contributed by atoms with Crippen molar-refractivity contribution in [1.82, 2.24) is 0 Å². The van der Waals surface area contributed by atoms with E-state index < -0.39 is 11.5 Å². The maximum Gasteiger partial charge on any atom is 0.299 e. The zero-order valence-electron chi connectivity index (χ0n) is 8.37. The van der Waals surface area contributed by atoms with Gasteiger partial charge in [0.25, 0.3) is 11.9 Å². The number of fused-ring (bicyclic) bond motifs is 2. The van der Waals surface area contributed by atoms with Crippen molar-refractivity contribution in [2.75, 3.05) is 0 Å². The number of nitrogens with two attached hydrogens (primary N) is 1. The number of nitrogens with zero attached hydrogens (tertiary/aromatic N) is 1. The molecule has 1 aromatic carbocycles. The van der Waals surface area contributed by atoms with Crippen LogP contribution < -0.4 is 5.73 Å². The summed E-state index contributed by atoms with van der Waals surface area (Å²) >= 11 is 0. The minimum Gasteiger partial charge on any atom is -0.443 e. The van der Waals surface area contributed by atoms with Gasteiger partial charge in [-0.05, 0) is 18.1 Å². The Bertz CT molecular complexity index is 527. The number of hydrogen-bond acceptors (Lipinski definition) is 3. The summed E-state index contributed by atoms with van der Waals surface area (Å²) in [6.45, 7) is 0. The van der Waals surface area contributed by atoms with Gasteiger partial charge in [-0.25, -0.2) is 4.39 Å². The molecule has 1 unspecified atom stereocenters. The highest BCUT2D eigenvalue weighted by Crippen LogP contribution is 2.43. The Labute approximate surface area is 90.9 Å². The molecule has 0 saturated carbocycles. The fraction of sp³-hybridized carbons (Fsp3) is 0.273. The summed E-state index contributed by atoms with van der Waals surface area (Å²) < 4.78 is 18.8. The van der Waals surface area contributed by atoms with Gasteiger partial charge in [-0.1, -0.05) is 12.1 Å². The van der Waals surface area contributed by atoms with Crippen LogP contribution in [-0.2, 0) is 21.6 Å². The lowest BCUT2D eigenvalue weighted by atomic mass is 9.95. The van der Waals surface area contributed by atoms with Crippen LogP contribution in [0.25, 0.3) is 0 Å². The molecule has 2 aliphatic rings. The summed E-state index contributed by atoms with van der Waals surface area (Å²) in [6, 6.07) is 4.49. The van der Waals surface area contributed by atoms with Crippen LogP contribution in [0.3, 0.4) is 0 Å². The zero-order valence-corrected chi connectivity index (χ0v) is 8.37. The molecule has 1 amide bonds. The molecule has 2 N–H and O–H groups in total. The lowest BCUT2D eigenvalue weighted by Gasteiger charge is -2.21. The predicted molar refractivity (Wildman–Crippen MR) is 54.1 cm³/mol. The first-order valence-corrected chi connectivity index (χ1v) is 4.99. The van der Waals surface area contributed by atoms with Crippen molar-refractivity contribution in [3.8, 4) is 0 Å². The first kappa shape index (κ1) is 9.33. The minimum atomic E-state index is -1.17.